The molecular weight excluding hydrogens is 402 g/mol. The largest absolute Gasteiger partial charge is 0.353 e. The van der Waals surface area contributed by atoms with Gasteiger partial charge < -0.3 is 15.2 Å². The van der Waals surface area contributed by atoms with E-state index in [1.165, 1.54) is 5.56 Å². The average molecular weight is 432 g/mol. The number of nitrogens with one attached hydrogen (secondary N) is 2. The molecular formula is C25H29N5O2. The van der Waals surface area contributed by atoms with Gasteiger partial charge in [0, 0.05) is 38.6 Å². The maximum atomic E-state index is 12.8. The molecule has 1 saturated heterocycles. The minimum atomic E-state index is -0.481. The Morgan fingerprint density at radius 2 is 1.84 bits per heavy atom. The second-order valence-electron chi connectivity index (χ2n) is 8.31. The van der Waals surface area contributed by atoms with Crippen LogP contribution in [0.2, 0.25) is 0 Å². The molecule has 1 fully saturated rings. The van der Waals surface area contributed by atoms with Gasteiger partial charge in [0.05, 0.1) is 19.0 Å². The lowest BCUT2D eigenvalue weighted by Crippen LogP contribution is -2.56. The Balaban J connectivity index is 1.41. The number of hydrogen-bond acceptors (Lipinski definition) is 4. The van der Waals surface area contributed by atoms with Gasteiger partial charge in [-0.3, -0.25) is 14.5 Å². The van der Waals surface area contributed by atoms with Crippen LogP contribution in [0.3, 0.4) is 0 Å². The zero-order valence-electron chi connectivity index (χ0n) is 18.5. The highest BCUT2D eigenvalue weighted by Crippen LogP contribution is 2.21. The molecule has 1 aliphatic rings. The van der Waals surface area contributed by atoms with Crippen LogP contribution in [0.4, 0.5) is 0 Å². The van der Waals surface area contributed by atoms with E-state index >= 15 is 0 Å². The van der Waals surface area contributed by atoms with Gasteiger partial charge in [-0.05, 0) is 23.6 Å². The SMILES string of the molecule is Cc1cnc(CN(C)C(=O)C[C@H]2C(=O)NCCN2Cc2ccc(-c3ccccc3)cc2)[nH]1. The molecule has 2 N–H and O–H groups in total. The van der Waals surface area contributed by atoms with Crippen molar-refractivity contribution in [1.29, 1.82) is 0 Å². The minimum absolute atomic E-state index is 0.0782. The number of aryl methyl sites for hydroxylation is 1. The molecule has 0 saturated carbocycles. The smallest absolute Gasteiger partial charge is 0.237 e. The van der Waals surface area contributed by atoms with E-state index in [0.717, 1.165) is 22.6 Å². The second-order valence-corrected chi connectivity index (χ2v) is 8.31. The van der Waals surface area contributed by atoms with Crippen molar-refractivity contribution in [2.24, 2.45) is 0 Å². The Morgan fingerprint density at radius 1 is 1.12 bits per heavy atom. The second kappa shape index (κ2) is 9.78. The maximum Gasteiger partial charge on any atom is 0.237 e. The summed E-state index contributed by atoms with van der Waals surface area (Å²) in [5, 5.41) is 2.91. The van der Waals surface area contributed by atoms with Gasteiger partial charge in [-0.25, -0.2) is 4.98 Å². The Bertz CT molecular complexity index is 1060. The molecule has 166 valence electrons. The van der Waals surface area contributed by atoms with Gasteiger partial charge in [0.15, 0.2) is 0 Å². The highest BCUT2D eigenvalue weighted by molar-refractivity contribution is 5.88. The summed E-state index contributed by atoms with van der Waals surface area (Å²) in [6, 6.07) is 18.2. The van der Waals surface area contributed by atoms with Gasteiger partial charge >= 0.3 is 0 Å². The van der Waals surface area contributed by atoms with Crippen molar-refractivity contribution >= 4 is 11.8 Å². The number of hydrogen-bond donors (Lipinski definition) is 2. The number of imidazole rings is 1. The van der Waals surface area contributed by atoms with E-state index in [9.17, 15) is 9.59 Å². The molecule has 3 aromatic rings. The molecule has 2 heterocycles. The van der Waals surface area contributed by atoms with Crippen LogP contribution < -0.4 is 5.32 Å². The molecule has 1 aromatic heterocycles. The van der Waals surface area contributed by atoms with Gasteiger partial charge in [0.1, 0.15) is 5.82 Å². The number of amides is 2. The maximum absolute atomic E-state index is 12.8. The van der Waals surface area contributed by atoms with Crippen molar-refractivity contribution in [3.05, 3.63) is 77.9 Å². The van der Waals surface area contributed by atoms with Crippen molar-refractivity contribution in [3.8, 4) is 11.1 Å². The molecule has 1 atom stereocenters. The first kappa shape index (κ1) is 21.8. The van der Waals surface area contributed by atoms with Crippen LogP contribution in [0.25, 0.3) is 11.1 Å². The van der Waals surface area contributed by atoms with E-state index < -0.39 is 6.04 Å². The van der Waals surface area contributed by atoms with Crippen molar-refractivity contribution in [1.82, 2.24) is 25.1 Å². The minimum Gasteiger partial charge on any atom is -0.353 e. The third-order valence-corrected chi connectivity index (χ3v) is 5.82. The van der Waals surface area contributed by atoms with E-state index in [2.05, 4.69) is 56.6 Å². The van der Waals surface area contributed by atoms with Gasteiger partial charge in [0.2, 0.25) is 11.8 Å². The Morgan fingerprint density at radius 3 is 2.53 bits per heavy atom. The van der Waals surface area contributed by atoms with E-state index in [1.54, 1.807) is 18.1 Å². The summed E-state index contributed by atoms with van der Waals surface area (Å²) >= 11 is 0. The summed E-state index contributed by atoms with van der Waals surface area (Å²) < 4.78 is 0. The number of carbonyl (C=O) groups is 2. The van der Waals surface area contributed by atoms with E-state index in [4.69, 9.17) is 0 Å². The summed E-state index contributed by atoms with van der Waals surface area (Å²) in [6.45, 7) is 4.25. The lowest BCUT2D eigenvalue weighted by atomic mass is 10.0. The molecule has 0 spiro atoms. The van der Waals surface area contributed by atoms with Gasteiger partial charge in [-0.1, -0.05) is 54.6 Å². The zero-order valence-corrected chi connectivity index (χ0v) is 18.5. The predicted molar refractivity (Wildman–Crippen MR) is 124 cm³/mol. The highest BCUT2D eigenvalue weighted by atomic mass is 16.2. The van der Waals surface area contributed by atoms with E-state index in [0.29, 0.717) is 26.2 Å². The van der Waals surface area contributed by atoms with Crippen LogP contribution in [-0.2, 0) is 22.7 Å². The number of aromatic amines is 1. The molecule has 7 heteroatoms. The fourth-order valence-corrected chi connectivity index (χ4v) is 4.02. The van der Waals surface area contributed by atoms with Crippen LogP contribution in [0.1, 0.15) is 23.5 Å². The lowest BCUT2D eigenvalue weighted by Gasteiger charge is -2.35. The molecule has 4 rings (SSSR count). The Kier molecular flexibility index (Phi) is 6.66. The molecule has 0 unspecified atom stereocenters. The molecule has 2 aromatic carbocycles. The van der Waals surface area contributed by atoms with Crippen molar-refractivity contribution in [3.63, 3.8) is 0 Å². The lowest BCUT2D eigenvalue weighted by molar-refractivity contribution is -0.138. The first-order valence-electron chi connectivity index (χ1n) is 10.9. The molecule has 0 bridgehead atoms. The summed E-state index contributed by atoms with van der Waals surface area (Å²) in [7, 11) is 1.74. The molecule has 0 aliphatic carbocycles. The molecule has 32 heavy (non-hydrogen) atoms. The third kappa shape index (κ3) is 5.23. The van der Waals surface area contributed by atoms with Crippen LogP contribution >= 0.6 is 0 Å². The molecule has 2 amide bonds. The van der Waals surface area contributed by atoms with E-state index in [-0.39, 0.29) is 18.2 Å². The van der Waals surface area contributed by atoms with Crippen molar-refractivity contribution in [2.45, 2.75) is 32.5 Å². The molecule has 0 radical (unpaired) electrons. The molecule has 7 nitrogen and oxygen atoms in total. The van der Waals surface area contributed by atoms with Gasteiger partial charge in [-0.2, -0.15) is 0 Å². The number of carbonyl (C=O) groups excluding carboxylic acids is 2. The van der Waals surface area contributed by atoms with Gasteiger partial charge in [0.25, 0.3) is 0 Å². The zero-order chi connectivity index (χ0) is 22.5. The first-order chi connectivity index (χ1) is 15.5. The number of piperazine rings is 1. The summed E-state index contributed by atoms with van der Waals surface area (Å²) in [5.74, 6) is 0.570. The topological polar surface area (TPSA) is 81.3 Å². The summed E-state index contributed by atoms with van der Waals surface area (Å²) in [5.41, 5.74) is 4.41. The predicted octanol–water partition coefficient (Wildman–Crippen LogP) is 2.73. The standard InChI is InChI=1S/C25H29N5O2/c1-18-15-27-23(28-18)17-29(2)24(31)14-22-25(32)26-12-13-30(22)16-19-8-10-21(11-9-19)20-6-4-3-5-7-20/h3-11,15,22H,12-14,16-17H2,1-2H3,(H,26,32)(H,27,28)/t22-/m0/s1. The molecule has 1 aliphatic heterocycles. The van der Waals surface area contributed by atoms with Crippen molar-refractivity contribution in [2.75, 3.05) is 20.1 Å². The number of H-pyrrole nitrogens is 1. The van der Waals surface area contributed by atoms with Crippen LogP contribution in [0.5, 0.6) is 0 Å². The van der Waals surface area contributed by atoms with E-state index in [1.807, 2.05) is 25.1 Å². The van der Waals surface area contributed by atoms with Crippen LogP contribution in [-0.4, -0.2) is 57.8 Å². The monoisotopic (exact) mass is 431 g/mol. The number of nitrogens with zero attached hydrogens (tertiary/aromatic N) is 3. The van der Waals surface area contributed by atoms with Gasteiger partial charge in [-0.15, -0.1) is 0 Å². The highest BCUT2D eigenvalue weighted by Gasteiger charge is 2.32. The average Bonchev–Trinajstić information content (AvgIpc) is 3.21. The fraction of sp³-hybridized carbons (Fsp3) is 0.320. The van der Waals surface area contributed by atoms with Crippen LogP contribution in [0.15, 0.2) is 60.8 Å². The fourth-order valence-electron chi connectivity index (χ4n) is 4.02. The number of rotatable bonds is 7. The quantitative estimate of drug-likeness (QED) is 0.603. The van der Waals surface area contributed by atoms with Crippen molar-refractivity contribution < 1.29 is 9.59 Å². The summed E-state index contributed by atoms with van der Waals surface area (Å²) in [4.78, 5) is 36.6. The third-order valence-electron chi connectivity index (χ3n) is 5.82. The van der Waals surface area contributed by atoms with Crippen LogP contribution in [0, 0.1) is 6.92 Å². The number of benzene rings is 2. The Hall–Kier alpha value is -3.45. The Labute approximate surface area is 188 Å². The summed E-state index contributed by atoms with van der Waals surface area (Å²) in [6.07, 6.45) is 1.89. The number of aromatic nitrogens is 2. The normalized spacial score (nSPS) is 16.6. The first-order valence-corrected chi connectivity index (χ1v) is 10.9.